The molecule has 0 saturated heterocycles. The van der Waals surface area contributed by atoms with Gasteiger partial charge in [-0.1, -0.05) is 44.0 Å². The van der Waals surface area contributed by atoms with Crippen molar-refractivity contribution in [3.8, 4) is 0 Å². The first-order valence-electron chi connectivity index (χ1n) is 6.67. The highest BCUT2D eigenvalue weighted by molar-refractivity contribution is 5.22. The summed E-state index contributed by atoms with van der Waals surface area (Å²) in [4.78, 5) is 0. The van der Waals surface area contributed by atoms with Crippen molar-refractivity contribution in [3.63, 3.8) is 0 Å². The van der Waals surface area contributed by atoms with Gasteiger partial charge >= 0.3 is 0 Å². The van der Waals surface area contributed by atoms with Crippen molar-refractivity contribution in [1.29, 1.82) is 0 Å². The molecule has 0 bridgehead atoms. The van der Waals surface area contributed by atoms with Crippen LogP contribution in [-0.2, 0) is 17.8 Å². The first-order valence-corrected chi connectivity index (χ1v) is 6.67. The Morgan fingerprint density at radius 2 is 1.76 bits per heavy atom. The molecule has 96 valence electrons. The number of hydrogen-bond donors (Lipinski definition) is 1. The van der Waals surface area contributed by atoms with E-state index in [1.165, 1.54) is 30.4 Å². The normalized spacial score (nSPS) is 10.7. The summed E-state index contributed by atoms with van der Waals surface area (Å²) in [5, 5.41) is 3.16. The van der Waals surface area contributed by atoms with E-state index in [9.17, 15) is 0 Å². The zero-order chi connectivity index (χ0) is 12.3. The summed E-state index contributed by atoms with van der Waals surface area (Å²) in [5.74, 6) is 0. The van der Waals surface area contributed by atoms with Crippen LogP contribution in [0, 0.1) is 0 Å². The molecule has 0 aliphatic carbocycles. The maximum Gasteiger partial charge on any atom is 0.0716 e. The Hall–Kier alpha value is -0.860. The number of unbranched alkanes of at least 4 members (excludes halogenated alkanes) is 2. The number of nitrogens with one attached hydrogen (secondary N) is 1. The molecule has 0 fully saturated rings. The number of benzene rings is 1. The molecule has 17 heavy (non-hydrogen) atoms. The Kier molecular flexibility index (Phi) is 7.69. The highest BCUT2D eigenvalue weighted by Gasteiger charge is 1.95. The Morgan fingerprint density at radius 1 is 1.06 bits per heavy atom. The summed E-state index contributed by atoms with van der Waals surface area (Å²) in [7, 11) is 1.98. The maximum atomic E-state index is 5.63. The van der Waals surface area contributed by atoms with Gasteiger partial charge in [-0.2, -0.15) is 0 Å². The third-order valence-corrected chi connectivity index (χ3v) is 2.85. The summed E-state index contributed by atoms with van der Waals surface area (Å²) in [5.41, 5.74) is 2.66. The molecular formula is C15H25NO. The largest absolute Gasteiger partial charge is 0.377 e. The van der Waals surface area contributed by atoms with Gasteiger partial charge in [0.15, 0.2) is 0 Å². The molecule has 1 N–H and O–H groups in total. The molecule has 1 aromatic rings. The first-order chi connectivity index (χ1) is 8.36. The van der Waals surface area contributed by atoms with E-state index in [1.807, 2.05) is 7.05 Å². The minimum atomic E-state index is 0.746. The molecule has 0 atom stereocenters. The molecule has 0 aliphatic heterocycles. The molecule has 0 saturated carbocycles. The molecule has 0 radical (unpaired) electrons. The topological polar surface area (TPSA) is 21.3 Å². The molecule has 0 spiro atoms. The molecule has 0 heterocycles. The van der Waals surface area contributed by atoms with Gasteiger partial charge in [-0.15, -0.1) is 0 Å². The van der Waals surface area contributed by atoms with E-state index in [1.54, 1.807) is 0 Å². The molecule has 1 rings (SSSR count). The highest BCUT2D eigenvalue weighted by atomic mass is 16.5. The summed E-state index contributed by atoms with van der Waals surface area (Å²) >= 11 is 0. The lowest BCUT2D eigenvalue weighted by atomic mass is 10.1. The van der Waals surface area contributed by atoms with E-state index in [-0.39, 0.29) is 0 Å². The van der Waals surface area contributed by atoms with E-state index in [2.05, 4.69) is 36.5 Å². The van der Waals surface area contributed by atoms with Gasteiger partial charge in [0.05, 0.1) is 6.61 Å². The molecule has 0 aliphatic rings. The van der Waals surface area contributed by atoms with Gasteiger partial charge in [0.1, 0.15) is 0 Å². The fraction of sp³-hybridized carbons (Fsp3) is 0.600. The van der Waals surface area contributed by atoms with Gasteiger partial charge in [0.2, 0.25) is 0 Å². The van der Waals surface area contributed by atoms with Crippen LogP contribution >= 0.6 is 0 Å². The minimum absolute atomic E-state index is 0.746. The SMILES string of the molecule is CCCCCOCc1ccc(CCNC)cc1. The monoisotopic (exact) mass is 235 g/mol. The third-order valence-electron chi connectivity index (χ3n) is 2.85. The van der Waals surface area contributed by atoms with Crippen LogP contribution in [0.5, 0.6) is 0 Å². The van der Waals surface area contributed by atoms with E-state index >= 15 is 0 Å². The fourth-order valence-corrected chi connectivity index (χ4v) is 1.72. The summed E-state index contributed by atoms with van der Waals surface area (Å²) in [6, 6.07) is 8.74. The van der Waals surface area contributed by atoms with Crippen molar-refractivity contribution in [3.05, 3.63) is 35.4 Å². The minimum Gasteiger partial charge on any atom is -0.377 e. The first kappa shape index (κ1) is 14.2. The second-order valence-corrected chi connectivity index (χ2v) is 4.43. The van der Waals surface area contributed by atoms with Crippen molar-refractivity contribution in [2.45, 2.75) is 39.2 Å². The maximum absolute atomic E-state index is 5.63. The number of ether oxygens (including phenoxy) is 1. The lowest BCUT2D eigenvalue weighted by molar-refractivity contribution is 0.117. The van der Waals surface area contributed by atoms with Gasteiger partial charge in [-0.3, -0.25) is 0 Å². The Balaban J connectivity index is 2.20. The predicted molar refractivity (Wildman–Crippen MR) is 73.3 cm³/mol. The standard InChI is InChI=1S/C15H25NO/c1-3-4-5-12-17-13-15-8-6-14(7-9-15)10-11-16-2/h6-9,16H,3-5,10-13H2,1-2H3. The van der Waals surface area contributed by atoms with Crippen LogP contribution in [0.15, 0.2) is 24.3 Å². The zero-order valence-corrected chi connectivity index (χ0v) is 11.2. The highest BCUT2D eigenvalue weighted by Crippen LogP contribution is 2.07. The lowest BCUT2D eigenvalue weighted by Gasteiger charge is -2.05. The van der Waals surface area contributed by atoms with Crippen LogP contribution < -0.4 is 5.32 Å². The van der Waals surface area contributed by atoms with Gasteiger partial charge in [0.25, 0.3) is 0 Å². The molecule has 1 aromatic carbocycles. The van der Waals surface area contributed by atoms with Crippen molar-refractivity contribution in [1.82, 2.24) is 5.32 Å². The summed E-state index contributed by atoms with van der Waals surface area (Å²) in [6.45, 7) is 4.88. The van der Waals surface area contributed by atoms with Crippen LogP contribution in [-0.4, -0.2) is 20.2 Å². The van der Waals surface area contributed by atoms with Crippen molar-refractivity contribution in [2.24, 2.45) is 0 Å². The van der Waals surface area contributed by atoms with E-state index in [0.29, 0.717) is 0 Å². The molecule has 2 nitrogen and oxygen atoms in total. The van der Waals surface area contributed by atoms with E-state index in [0.717, 1.165) is 26.2 Å². The quantitative estimate of drug-likeness (QED) is 0.664. The number of rotatable bonds is 9. The van der Waals surface area contributed by atoms with Crippen LogP contribution in [0.2, 0.25) is 0 Å². The number of hydrogen-bond acceptors (Lipinski definition) is 2. The molecule has 0 amide bonds. The second-order valence-electron chi connectivity index (χ2n) is 4.43. The Labute approximate surface area is 105 Å². The third kappa shape index (κ3) is 6.44. The van der Waals surface area contributed by atoms with Crippen molar-refractivity contribution in [2.75, 3.05) is 20.2 Å². The van der Waals surface area contributed by atoms with Crippen LogP contribution in [0.25, 0.3) is 0 Å². The number of likely N-dealkylation sites (N-methyl/N-ethyl adjacent to an activating group) is 1. The second kappa shape index (κ2) is 9.20. The Morgan fingerprint density at radius 3 is 2.41 bits per heavy atom. The van der Waals surface area contributed by atoms with E-state index in [4.69, 9.17) is 4.74 Å². The molecular weight excluding hydrogens is 210 g/mol. The van der Waals surface area contributed by atoms with Crippen molar-refractivity contribution >= 4 is 0 Å². The molecule has 0 unspecified atom stereocenters. The van der Waals surface area contributed by atoms with Crippen LogP contribution in [0.4, 0.5) is 0 Å². The van der Waals surface area contributed by atoms with E-state index < -0.39 is 0 Å². The van der Waals surface area contributed by atoms with Gasteiger partial charge in [0, 0.05) is 6.61 Å². The van der Waals surface area contributed by atoms with Crippen LogP contribution in [0.3, 0.4) is 0 Å². The molecule has 2 heteroatoms. The summed E-state index contributed by atoms with van der Waals surface area (Å²) in [6.07, 6.45) is 4.79. The average molecular weight is 235 g/mol. The van der Waals surface area contributed by atoms with Gasteiger partial charge < -0.3 is 10.1 Å². The smallest absolute Gasteiger partial charge is 0.0716 e. The zero-order valence-electron chi connectivity index (χ0n) is 11.2. The summed E-state index contributed by atoms with van der Waals surface area (Å²) < 4.78 is 5.63. The molecule has 0 aromatic heterocycles. The Bertz CT molecular complexity index is 281. The van der Waals surface area contributed by atoms with Gasteiger partial charge in [-0.25, -0.2) is 0 Å². The fourth-order valence-electron chi connectivity index (χ4n) is 1.72. The predicted octanol–water partition coefficient (Wildman–Crippen LogP) is 3.16. The van der Waals surface area contributed by atoms with Crippen molar-refractivity contribution < 1.29 is 4.74 Å². The lowest BCUT2D eigenvalue weighted by Crippen LogP contribution is -2.10. The van der Waals surface area contributed by atoms with Gasteiger partial charge in [-0.05, 0) is 37.6 Å². The van der Waals surface area contributed by atoms with Crippen LogP contribution in [0.1, 0.15) is 37.3 Å². The average Bonchev–Trinajstić information content (AvgIpc) is 2.37.